The quantitative estimate of drug-likeness (QED) is 0.427. The van der Waals surface area contributed by atoms with Crippen LogP contribution in [0.25, 0.3) is 10.8 Å². The predicted molar refractivity (Wildman–Crippen MR) is 133 cm³/mol. The predicted octanol–water partition coefficient (Wildman–Crippen LogP) is 6.85. The molecule has 0 spiro atoms. The Kier molecular flexibility index (Phi) is 7.88. The fourth-order valence-electron chi connectivity index (χ4n) is 5.72. The highest BCUT2D eigenvalue weighted by Gasteiger charge is 2.33. The van der Waals surface area contributed by atoms with E-state index in [1.165, 1.54) is 80.5 Å². The maximum Gasteiger partial charge on any atom is 0.194 e. The lowest BCUT2D eigenvalue weighted by Crippen LogP contribution is -2.37. The molecule has 0 amide bonds. The average molecular weight is 420 g/mol. The van der Waals surface area contributed by atoms with Crippen molar-refractivity contribution in [3.8, 4) is 0 Å². The number of benzene rings is 2. The zero-order valence-electron chi connectivity index (χ0n) is 19.5. The summed E-state index contributed by atoms with van der Waals surface area (Å²) < 4.78 is 0. The van der Waals surface area contributed by atoms with Gasteiger partial charge in [-0.25, -0.2) is 0 Å². The van der Waals surface area contributed by atoms with Crippen LogP contribution in [0.1, 0.15) is 76.7 Å². The van der Waals surface area contributed by atoms with E-state index in [2.05, 4.69) is 59.2 Å². The number of nitrogens with zero attached hydrogens (tertiary/aromatic N) is 2. The zero-order valence-corrected chi connectivity index (χ0v) is 19.5. The normalized spacial score (nSPS) is 20.2. The molecule has 168 valence electrons. The molecular weight excluding hydrogens is 378 g/mol. The molecular formula is C28H41N3. The molecule has 31 heavy (non-hydrogen) atoms. The Morgan fingerprint density at radius 1 is 0.903 bits per heavy atom. The second-order valence-corrected chi connectivity index (χ2v) is 9.81. The highest BCUT2D eigenvalue weighted by Crippen LogP contribution is 2.29. The molecule has 1 saturated carbocycles. The molecule has 2 aromatic carbocycles. The van der Waals surface area contributed by atoms with Crippen molar-refractivity contribution >= 4 is 16.7 Å². The largest absolute Gasteiger partial charge is 0.341 e. The third-order valence-corrected chi connectivity index (χ3v) is 7.55. The van der Waals surface area contributed by atoms with Crippen molar-refractivity contribution in [2.75, 3.05) is 19.6 Å². The Labute approximate surface area is 189 Å². The van der Waals surface area contributed by atoms with Crippen molar-refractivity contribution in [1.29, 1.82) is 5.41 Å². The van der Waals surface area contributed by atoms with Gasteiger partial charge < -0.3 is 9.80 Å². The number of unbranched alkanes of at least 4 members (excludes halogenated alkanes) is 2. The molecule has 2 aromatic rings. The number of fused-ring (bicyclic) bond motifs is 1. The van der Waals surface area contributed by atoms with Crippen LogP contribution in [0.15, 0.2) is 42.5 Å². The van der Waals surface area contributed by atoms with Crippen LogP contribution in [0, 0.1) is 11.3 Å². The number of guanidine groups is 1. The van der Waals surface area contributed by atoms with Gasteiger partial charge in [-0.3, -0.25) is 5.41 Å². The van der Waals surface area contributed by atoms with Crippen LogP contribution in [0.4, 0.5) is 0 Å². The monoisotopic (exact) mass is 419 g/mol. The molecule has 1 heterocycles. The first-order valence-corrected chi connectivity index (χ1v) is 12.8. The number of nitrogens with one attached hydrogen (secondary N) is 1. The van der Waals surface area contributed by atoms with Gasteiger partial charge in [-0.15, -0.1) is 0 Å². The molecule has 2 fully saturated rings. The van der Waals surface area contributed by atoms with Gasteiger partial charge in [-0.2, -0.15) is 0 Å². The fourth-order valence-corrected chi connectivity index (χ4v) is 5.72. The summed E-state index contributed by atoms with van der Waals surface area (Å²) in [6.45, 7) is 5.32. The van der Waals surface area contributed by atoms with E-state index in [0.717, 1.165) is 37.9 Å². The first-order chi connectivity index (χ1) is 15.3. The summed E-state index contributed by atoms with van der Waals surface area (Å²) in [5.41, 5.74) is 1.43. The minimum Gasteiger partial charge on any atom is -0.341 e. The van der Waals surface area contributed by atoms with Gasteiger partial charge >= 0.3 is 0 Å². The van der Waals surface area contributed by atoms with Crippen LogP contribution < -0.4 is 0 Å². The van der Waals surface area contributed by atoms with E-state index in [1.807, 2.05) is 0 Å². The van der Waals surface area contributed by atoms with E-state index in [0.29, 0.717) is 6.04 Å². The molecule has 1 aliphatic heterocycles. The Morgan fingerprint density at radius 2 is 1.71 bits per heavy atom. The molecule has 0 bridgehead atoms. The minimum atomic E-state index is 0.421. The van der Waals surface area contributed by atoms with E-state index < -0.39 is 0 Å². The smallest absolute Gasteiger partial charge is 0.194 e. The van der Waals surface area contributed by atoms with Crippen LogP contribution in [0.2, 0.25) is 0 Å². The summed E-state index contributed by atoms with van der Waals surface area (Å²) >= 11 is 0. The molecule has 4 rings (SSSR count). The van der Waals surface area contributed by atoms with Gasteiger partial charge in [0.1, 0.15) is 0 Å². The summed E-state index contributed by atoms with van der Waals surface area (Å²) in [5.74, 6) is 1.75. The maximum absolute atomic E-state index is 8.88. The average Bonchev–Trinajstić information content (AvgIpc) is 3.10. The Balaban J connectivity index is 1.40. The van der Waals surface area contributed by atoms with E-state index in [-0.39, 0.29) is 0 Å². The summed E-state index contributed by atoms with van der Waals surface area (Å²) in [7, 11) is 0. The van der Waals surface area contributed by atoms with Crippen LogP contribution >= 0.6 is 0 Å². The lowest BCUT2D eigenvalue weighted by molar-refractivity contribution is 0.303. The zero-order chi connectivity index (χ0) is 21.5. The highest BCUT2D eigenvalue weighted by atomic mass is 15.4. The van der Waals surface area contributed by atoms with Gasteiger partial charge in [0, 0.05) is 19.6 Å². The molecule has 1 N–H and O–H groups in total. The van der Waals surface area contributed by atoms with Crippen molar-refractivity contribution in [3.05, 3.63) is 48.0 Å². The number of hydrogen-bond acceptors (Lipinski definition) is 1. The third kappa shape index (κ3) is 5.61. The third-order valence-electron chi connectivity index (χ3n) is 7.55. The Bertz CT molecular complexity index is 834. The van der Waals surface area contributed by atoms with Crippen LogP contribution in [-0.2, 0) is 6.42 Å². The van der Waals surface area contributed by atoms with Crippen molar-refractivity contribution in [1.82, 2.24) is 9.80 Å². The Morgan fingerprint density at radius 3 is 2.55 bits per heavy atom. The summed E-state index contributed by atoms with van der Waals surface area (Å²) in [6, 6.07) is 15.9. The molecule has 3 nitrogen and oxygen atoms in total. The van der Waals surface area contributed by atoms with Gasteiger partial charge in [0.05, 0.1) is 6.04 Å². The molecule has 1 saturated heterocycles. The van der Waals surface area contributed by atoms with Crippen LogP contribution in [0.3, 0.4) is 0 Å². The second-order valence-electron chi connectivity index (χ2n) is 9.81. The topological polar surface area (TPSA) is 30.3 Å². The van der Waals surface area contributed by atoms with E-state index in [4.69, 9.17) is 5.41 Å². The van der Waals surface area contributed by atoms with Gasteiger partial charge in [-0.05, 0) is 41.5 Å². The van der Waals surface area contributed by atoms with Gasteiger partial charge in [0.2, 0.25) is 0 Å². The molecule has 0 radical (unpaired) electrons. The lowest BCUT2D eigenvalue weighted by Gasteiger charge is -2.27. The van der Waals surface area contributed by atoms with Crippen molar-refractivity contribution < 1.29 is 0 Å². The number of hydrogen-bond donors (Lipinski definition) is 1. The van der Waals surface area contributed by atoms with Gasteiger partial charge in [0.15, 0.2) is 5.96 Å². The van der Waals surface area contributed by atoms with E-state index in [9.17, 15) is 0 Å². The maximum atomic E-state index is 8.88. The minimum absolute atomic E-state index is 0.421. The van der Waals surface area contributed by atoms with Gasteiger partial charge in [-0.1, -0.05) is 101 Å². The van der Waals surface area contributed by atoms with Gasteiger partial charge in [0.25, 0.3) is 0 Å². The molecule has 1 atom stereocenters. The first-order valence-electron chi connectivity index (χ1n) is 12.8. The fraction of sp³-hybridized carbons (Fsp3) is 0.607. The van der Waals surface area contributed by atoms with Crippen LogP contribution in [0.5, 0.6) is 0 Å². The van der Waals surface area contributed by atoms with Crippen molar-refractivity contribution in [2.45, 2.75) is 83.6 Å². The Hall–Kier alpha value is -2.03. The summed E-state index contributed by atoms with van der Waals surface area (Å²) in [4.78, 5) is 4.76. The summed E-state index contributed by atoms with van der Waals surface area (Å²) in [6.07, 6.45) is 14.6. The molecule has 3 heteroatoms. The van der Waals surface area contributed by atoms with Crippen molar-refractivity contribution in [3.63, 3.8) is 0 Å². The standard InChI is InChI=1S/C28H41N3/c1-2-3-19-30-22-26(21-25-17-11-16-24-15-7-8-18-27(24)25)31(28(30)29)20-10-9-14-23-12-5-4-6-13-23/h7-8,11,15-18,23,26,29H,2-6,9-10,12-14,19-22H2,1H3/t26-/m1/s1. The molecule has 0 unspecified atom stereocenters. The first kappa shape index (κ1) is 22.2. The SMILES string of the molecule is CCCCN1C[C@@H](Cc2cccc3ccccc23)N(CCCCC2CCCCC2)C1=N. The molecule has 2 aliphatic rings. The molecule has 0 aromatic heterocycles. The summed E-state index contributed by atoms with van der Waals surface area (Å²) in [5, 5.41) is 11.6. The van der Waals surface area contributed by atoms with Crippen LogP contribution in [-0.4, -0.2) is 41.4 Å². The second kappa shape index (κ2) is 11.0. The molecule has 1 aliphatic carbocycles. The number of rotatable bonds is 10. The van der Waals surface area contributed by atoms with E-state index >= 15 is 0 Å². The highest BCUT2D eigenvalue weighted by molar-refractivity contribution is 5.86. The lowest BCUT2D eigenvalue weighted by atomic mass is 9.86. The van der Waals surface area contributed by atoms with E-state index in [1.54, 1.807) is 0 Å². The van der Waals surface area contributed by atoms with Crippen molar-refractivity contribution in [2.24, 2.45) is 5.92 Å².